The molecule has 5 nitrogen and oxygen atoms in total. The van der Waals surface area contributed by atoms with E-state index >= 15 is 0 Å². The monoisotopic (exact) mass is 473 g/mol. The highest BCUT2D eigenvalue weighted by Gasteiger charge is 2.39. The van der Waals surface area contributed by atoms with Gasteiger partial charge in [-0.1, -0.05) is 120 Å². The van der Waals surface area contributed by atoms with Crippen LogP contribution in [-0.4, -0.2) is 31.0 Å². The molecule has 0 radical (unpaired) electrons. The van der Waals surface area contributed by atoms with Crippen LogP contribution in [-0.2, 0) is 20.9 Å². The zero-order valence-electron chi connectivity index (χ0n) is 18.1. The molecule has 0 N–H and O–H groups in total. The average molecular weight is 474 g/mol. The molecule has 0 bridgehead atoms. The topological polar surface area (TPSA) is 64.8 Å². The SMILES string of the molecule is CC(=O)SCC(=O)SCc1cn(C(c2ccccc2)(c2ccccc2)c2ccccc2)nn1. The molecule has 0 saturated carbocycles. The van der Waals surface area contributed by atoms with Gasteiger partial charge in [-0.3, -0.25) is 9.59 Å². The van der Waals surface area contributed by atoms with Crippen LogP contribution < -0.4 is 0 Å². The van der Waals surface area contributed by atoms with E-state index in [1.807, 2.05) is 65.5 Å². The second-order valence-electron chi connectivity index (χ2n) is 7.40. The molecular formula is C26H23N3O2S2. The van der Waals surface area contributed by atoms with Crippen LogP contribution in [0.4, 0.5) is 0 Å². The summed E-state index contributed by atoms with van der Waals surface area (Å²) in [5.41, 5.74) is 3.14. The molecule has 1 aromatic heterocycles. The Kier molecular flexibility index (Phi) is 7.42. The molecule has 0 spiro atoms. The van der Waals surface area contributed by atoms with Crippen molar-refractivity contribution in [3.8, 4) is 0 Å². The lowest BCUT2D eigenvalue weighted by Gasteiger charge is -2.35. The van der Waals surface area contributed by atoms with E-state index < -0.39 is 5.54 Å². The van der Waals surface area contributed by atoms with Crippen LogP contribution in [0, 0.1) is 0 Å². The number of carbonyl (C=O) groups is 2. The van der Waals surface area contributed by atoms with Gasteiger partial charge in [0.15, 0.2) is 10.2 Å². The van der Waals surface area contributed by atoms with E-state index in [2.05, 4.69) is 46.7 Å². The first kappa shape index (κ1) is 23.0. The fourth-order valence-corrected chi connectivity index (χ4v) is 5.09. The number of aromatic nitrogens is 3. The first-order valence-electron chi connectivity index (χ1n) is 10.5. The van der Waals surface area contributed by atoms with Gasteiger partial charge < -0.3 is 0 Å². The number of carbonyl (C=O) groups excluding carboxylic acids is 2. The van der Waals surface area contributed by atoms with Crippen LogP contribution in [0.3, 0.4) is 0 Å². The van der Waals surface area contributed by atoms with Gasteiger partial charge in [-0.25, -0.2) is 4.68 Å². The van der Waals surface area contributed by atoms with E-state index in [0.29, 0.717) is 11.4 Å². The minimum absolute atomic E-state index is 0.0507. The Morgan fingerprint density at radius 2 is 1.27 bits per heavy atom. The number of rotatable bonds is 8. The molecule has 7 heteroatoms. The maximum Gasteiger partial charge on any atom is 0.199 e. The van der Waals surface area contributed by atoms with Gasteiger partial charge in [-0.05, 0) is 16.7 Å². The van der Waals surface area contributed by atoms with Gasteiger partial charge in [0.1, 0.15) is 5.54 Å². The Hall–Kier alpha value is -3.16. The van der Waals surface area contributed by atoms with Gasteiger partial charge in [-0.15, -0.1) is 5.10 Å². The minimum Gasteiger partial charge on any atom is -0.288 e. The molecule has 1 heterocycles. The van der Waals surface area contributed by atoms with Crippen molar-refractivity contribution < 1.29 is 9.59 Å². The van der Waals surface area contributed by atoms with E-state index in [9.17, 15) is 9.59 Å². The zero-order valence-corrected chi connectivity index (χ0v) is 19.8. The minimum atomic E-state index is -0.728. The molecule has 0 atom stereocenters. The summed E-state index contributed by atoms with van der Waals surface area (Å²) in [5, 5.41) is 8.83. The smallest absolute Gasteiger partial charge is 0.199 e. The van der Waals surface area contributed by atoms with Crippen molar-refractivity contribution in [2.45, 2.75) is 18.2 Å². The van der Waals surface area contributed by atoms with Crippen molar-refractivity contribution >= 4 is 33.8 Å². The zero-order chi connectivity index (χ0) is 23.1. The Labute approximate surface area is 201 Å². The quantitative estimate of drug-likeness (QED) is 0.330. The van der Waals surface area contributed by atoms with Crippen molar-refractivity contribution in [1.29, 1.82) is 0 Å². The molecule has 0 fully saturated rings. The Balaban J connectivity index is 1.77. The lowest BCUT2D eigenvalue weighted by Crippen LogP contribution is -2.38. The summed E-state index contributed by atoms with van der Waals surface area (Å²) in [6.07, 6.45) is 1.91. The number of hydrogen-bond acceptors (Lipinski definition) is 6. The van der Waals surface area contributed by atoms with E-state index in [1.54, 1.807) is 0 Å². The summed E-state index contributed by atoms with van der Waals surface area (Å²) in [4.78, 5) is 23.2. The lowest BCUT2D eigenvalue weighted by molar-refractivity contribution is -0.110. The molecule has 3 aromatic carbocycles. The average Bonchev–Trinajstić information content (AvgIpc) is 3.33. The summed E-state index contributed by atoms with van der Waals surface area (Å²) in [6.45, 7) is 1.46. The summed E-state index contributed by atoms with van der Waals surface area (Å²) in [7, 11) is 0. The normalized spacial score (nSPS) is 11.3. The summed E-state index contributed by atoms with van der Waals surface area (Å²) in [5.74, 6) is 0.557. The molecule has 0 saturated heterocycles. The molecule has 166 valence electrons. The molecule has 0 aliphatic carbocycles. The number of hydrogen-bond donors (Lipinski definition) is 0. The van der Waals surface area contributed by atoms with Crippen molar-refractivity contribution in [3.63, 3.8) is 0 Å². The predicted octanol–water partition coefficient (Wildman–Crippen LogP) is 5.16. The van der Waals surface area contributed by atoms with Gasteiger partial charge in [0, 0.05) is 12.7 Å². The van der Waals surface area contributed by atoms with Crippen molar-refractivity contribution in [1.82, 2.24) is 15.0 Å². The summed E-state index contributed by atoms with van der Waals surface area (Å²) < 4.78 is 1.89. The van der Waals surface area contributed by atoms with E-state index in [4.69, 9.17) is 0 Å². The molecule has 0 amide bonds. The second-order valence-corrected chi connectivity index (χ2v) is 9.59. The van der Waals surface area contributed by atoms with Gasteiger partial charge in [0.2, 0.25) is 0 Å². The third-order valence-electron chi connectivity index (χ3n) is 5.23. The summed E-state index contributed by atoms with van der Waals surface area (Å²) in [6, 6.07) is 30.7. The maximum absolute atomic E-state index is 12.1. The Morgan fingerprint density at radius 3 is 1.73 bits per heavy atom. The highest BCUT2D eigenvalue weighted by atomic mass is 32.2. The highest BCUT2D eigenvalue weighted by molar-refractivity contribution is 8.19. The second kappa shape index (κ2) is 10.6. The number of nitrogens with zero attached hydrogens (tertiary/aromatic N) is 3. The Bertz CT molecular complexity index is 1120. The third-order valence-corrected chi connectivity index (χ3v) is 7.14. The van der Waals surface area contributed by atoms with Gasteiger partial charge in [-0.2, -0.15) is 0 Å². The molecule has 0 aliphatic heterocycles. The summed E-state index contributed by atoms with van der Waals surface area (Å²) >= 11 is 2.18. The van der Waals surface area contributed by atoms with E-state index in [1.165, 1.54) is 6.92 Å². The molecule has 4 aromatic rings. The Morgan fingerprint density at radius 1 is 0.788 bits per heavy atom. The van der Waals surface area contributed by atoms with Crippen molar-refractivity contribution in [2.24, 2.45) is 0 Å². The number of thioether (sulfide) groups is 2. The van der Waals surface area contributed by atoms with E-state index in [-0.39, 0.29) is 16.0 Å². The predicted molar refractivity (Wildman–Crippen MR) is 134 cm³/mol. The van der Waals surface area contributed by atoms with Crippen molar-refractivity contribution in [2.75, 3.05) is 5.75 Å². The highest BCUT2D eigenvalue weighted by Crippen LogP contribution is 2.40. The van der Waals surface area contributed by atoms with E-state index in [0.717, 1.165) is 40.2 Å². The maximum atomic E-state index is 12.1. The van der Waals surface area contributed by atoms with Gasteiger partial charge >= 0.3 is 0 Å². The molecule has 0 aliphatic rings. The van der Waals surface area contributed by atoms with Crippen LogP contribution in [0.15, 0.2) is 97.2 Å². The number of benzene rings is 3. The first-order valence-corrected chi connectivity index (χ1v) is 12.4. The van der Waals surface area contributed by atoms with Crippen molar-refractivity contribution in [3.05, 3.63) is 120 Å². The third kappa shape index (κ3) is 5.10. The largest absolute Gasteiger partial charge is 0.288 e. The van der Waals surface area contributed by atoms with Crippen LogP contribution >= 0.6 is 23.5 Å². The van der Waals surface area contributed by atoms with Crippen LogP contribution in [0.2, 0.25) is 0 Å². The first-order chi connectivity index (χ1) is 16.1. The fraction of sp³-hybridized carbons (Fsp3) is 0.154. The standard InChI is InChI=1S/C26H23N3O2S2/c1-20(30)32-19-25(31)33-18-24-17-29(28-27-24)26(21-11-5-2-6-12-21,22-13-7-3-8-14-22)23-15-9-4-10-16-23/h2-17H,18-19H2,1H3. The fourth-order valence-electron chi connectivity index (χ4n) is 3.82. The molecule has 4 rings (SSSR count). The lowest BCUT2D eigenvalue weighted by atomic mass is 9.77. The van der Waals surface area contributed by atoms with Crippen LogP contribution in [0.1, 0.15) is 29.3 Å². The van der Waals surface area contributed by atoms with Gasteiger partial charge in [0.25, 0.3) is 0 Å². The van der Waals surface area contributed by atoms with Crippen LogP contribution in [0.25, 0.3) is 0 Å². The van der Waals surface area contributed by atoms with Gasteiger partial charge in [0.05, 0.1) is 17.6 Å². The molecular weight excluding hydrogens is 450 g/mol. The van der Waals surface area contributed by atoms with Crippen LogP contribution in [0.5, 0.6) is 0 Å². The molecule has 33 heavy (non-hydrogen) atoms. The molecule has 0 unspecified atom stereocenters.